The minimum absolute atomic E-state index is 0.0193. The average Bonchev–Trinajstić information content (AvgIpc) is 2.70. The molecule has 0 fully saturated rings. The van der Waals surface area contributed by atoms with Crippen molar-refractivity contribution in [2.24, 2.45) is 5.73 Å². The highest BCUT2D eigenvalue weighted by Gasteiger charge is 2.19. The van der Waals surface area contributed by atoms with E-state index in [9.17, 15) is 19.1 Å². The molecule has 0 aliphatic carbocycles. The van der Waals surface area contributed by atoms with Gasteiger partial charge in [-0.3, -0.25) is 9.59 Å². The number of nitrogens with two attached hydrogens (primary N) is 1. The molecule has 1 aromatic carbocycles. The van der Waals surface area contributed by atoms with Crippen LogP contribution in [0.25, 0.3) is 11.3 Å². The number of carbonyl (C=O) groups excluding carboxylic acids is 2. The summed E-state index contributed by atoms with van der Waals surface area (Å²) in [4.78, 5) is 29.2. The Balaban J connectivity index is 2.43. The van der Waals surface area contributed by atoms with Crippen LogP contribution < -0.4 is 5.73 Å². The van der Waals surface area contributed by atoms with Crippen LogP contribution in [0.3, 0.4) is 0 Å². The van der Waals surface area contributed by atoms with Gasteiger partial charge >= 0.3 is 0 Å². The van der Waals surface area contributed by atoms with Crippen molar-refractivity contribution in [2.75, 3.05) is 13.6 Å². The lowest BCUT2D eigenvalue weighted by molar-refractivity contribution is -0.135. The van der Waals surface area contributed by atoms with Crippen molar-refractivity contribution >= 4 is 11.8 Å². The fraction of sp³-hybridized carbons (Fsp3) is 0.318. The van der Waals surface area contributed by atoms with Gasteiger partial charge in [-0.05, 0) is 36.6 Å². The standard InChI is InChI=1S/C22H24FN3O3/c1-5-26(4)22(29)18(27)10-9-14-7-6-8-15(11-14)19-17(23)12-16(13(2)3)20(25-19)21(24)28/h6-8,11-13,18,27H,5H2,1-4H3,(H2,24,28). The number of aliphatic hydroxyl groups is 1. The summed E-state index contributed by atoms with van der Waals surface area (Å²) in [6.45, 7) is 5.88. The summed E-state index contributed by atoms with van der Waals surface area (Å²) in [7, 11) is 1.57. The van der Waals surface area contributed by atoms with Crippen molar-refractivity contribution in [2.45, 2.75) is 32.8 Å². The number of nitrogens with zero attached hydrogens (tertiary/aromatic N) is 2. The van der Waals surface area contributed by atoms with Crippen LogP contribution in [0.5, 0.6) is 0 Å². The molecule has 0 saturated heterocycles. The number of benzene rings is 1. The summed E-state index contributed by atoms with van der Waals surface area (Å²) < 4.78 is 14.7. The molecule has 0 aliphatic heterocycles. The Hall–Kier alpha value is -3.24. The van der Waals surface area contributed by atoms with Gasteiger partial charge in [-0.1, -0.05) is 37.8 Å². The van der Waals surface area contributed by atoms with E-state index in [1.54, 1.807) is 38.2 Å². The zero-order chi connectivity index (χ0) is 21.7. The van der Waals surface area contributed by atoms with E-state index in [0.29, 0.717) is 23.2 Å². The summed E-state index contributed by atoms with van der Waals surface area (Å²) >= 11 is 0. The van der Waals surface area contributed by atoms with Crippen LogP contribution in [0.1, 0.15) is 48.3 Å². The third kappa shape index (κ3) is 5.18. The molecular weight excluding hydrogens is 373 g/mol. The van der Waals surface area contributed by atoms with Crippen LogP contribution in [0, 0.1) is 17.7 Å². The highest BCUT2D eigenvalue weighted by atomic mass is 19.1. The van der Waals surface area contributed by atoms with Gasteiger partial charge in [0.05, 0.1) is 0 Å². The fourth-order valence-corrected chi connectivity index (χ4v) is 2.67. The molecule has 2 rings (SSSR count). The number of amides is 2. The molecule has 152 valence electrons. The van der Waals surface area contributed by atoms with Crippen molar-refractivity contribution in [3.63, 3.8) is 0 Å². The first-order valence-electron chi connectivity index (χ1n) is 9.20. The summed E-state index contributed by atoms with van der Waals surface area (Å²) in [6, 6.07) is 7.77. The maximum Gasteiger partial charge on any atom is 0.267 e. The molecule has 1 heterocycles. The SMILES string of the molecule is CCN(C)C(=O)C(O)C#Cc1cccc(-c2nc(C(N)=O)c(C(C)C)cc2F)c1. The quantitative estimate of drug-likeness (QED) is 0.757. The van der Waals surface area contributed by atoms with E-state index >= 15 is 0 Å². The maximum atomic E-state index is 14.7. The minimum atomic E-state index is -1.45. The highest BCUT2D eigenvalue weighted by Crippen LogP contribution is 2.27. The molecule has 3 N–H and O–H groups in total. The Bertz CT molecular complexity index is 993. The van der Waals surface area contributed by atoms with E-state index in [1.807, 2.05) is 13.8 Å². The smallest absolute Gasteiger partial charge is 0.267 e. The van der Waals surface area contributed by atoms with E-state index in [1.165, 1.54) is 11.0 Å². The number of aromatic nitrogens is 1. The van der Waals surface area contributed by atoms with Gasteiger partial charge in [0.2, 0.25) is 0 Å². The third-order valence-corrected chi connectivity index (χ3v) is 4.43. The molecule has 1 aromatic heterocycles. The van der Waals surface area contributed by atoms with Crippen LogP contribution >= 0.6 is 0 Å². The molecule has 0 spiro atoms. The fourth-order valence-electron chi connectivity index (χ4n) is 2.67. The lowest BCUT2D eigenvalue weighted by atomic mass is 9.98. The van der Waals surface area contributed by atoms with Gasteiger partial charge in [-0.2, -0.15) is 0 Å². The topological polar surface area (TPSA) is 96.5 Å². The van der Waals surface area contributed by atoms with E-state index in [4.69, 9.17) is 5.73 Å². The van der Waals surface area contributed by atoms with E-state index < -0.39 is 23.7 Å². The summed E-state index contributed by atoms with van der Waals surface area (Å²) in [6.07, 6.45) is -1.45. The van der Waals surface area contributed by atoms with Crippen LogP contribution in [0.15, 0.2) is 30.3 Å². The number of hydrogen-bond donors (Lipinski definition) is 2. The summed E-state index contributed by atoms with van der Waals surface area (Å²) in [5, 5.41) is 9.90. The molecule has 1 atom stereocenters. The normalized spacial score (nSPS) is 11.6. The van der Waals surface area contributed by atoms with Crippen molar-refractivity contribution in [1.29, 1.82) is 0 Å². The lowest BCUT2D eigenvalue weighted by Gasteiger charge is -2.15. The maximum absolute atomic E-state index is 14.7. The average molecular weight is 397 g/mol. The second kappa shape index (κ2) is 9.30. The van der Waals surface area contributed by atoms with Crippen molar-refractivity contribution in [1.82, 2.24) is 9.88 Å². The number of primary amides is 1. The van der Waals surface area contributed by atoms with E-state index in [0.717, 1.165) is 0 Å². The van der Waals surface area contributed by atoms with Crippen LogP contribution in [0.2, 0.25) is 0 Å². The van der Waals surface area contributed by atoms with Gasteiger partial charge in [0.25, 0.3) is 11.8 Å². The van der Waals surface area contributed by atoms with Gasteiger partial charge in [0.15, 0.2) is 6.10 Å². The second-order valence-corrected chi connectivity index (χ2v) is 6.88. The predicted molar refractivity (Wildman–Crippen MR) is 108 cm³/mol. The molecule has 2 aromatic rings. The number of pyridine rings is 1. The monoisotopic (exact) mass is 397 g/mol. The van der Waals surface area contributed by atoms with Gasteiger partial charge in [-0.25, -0.2) is 9.37 Å². The van der Waals surface area contributed by atoms with Crippen molar-refractivity contribution < 1.29 is 19.1 Å². The van der Waals surface area contributed by atoms with Crippen LogP contribution in [0.4, 0.5) is 4.39 Å². The van der Waals surface area contributed by atoms with Gasteiger partial charge in [-0.15, -0.1) is 0 Å². The van der Waals surface area contributed by atoms with Crippen LogP contribution in [-0.4, -0.2) is 46.5 Å². The molecule has 29 heavy (non-hydrogen) atoms. The molecule has 1 unspecified atom stereocenters. The largest absolute Gasteiger partial charge is 0.372 e. The number of hydrogen-bond acceptors (Lipinski definition) is 4. The minimum Gasteiger partial charge on any atom is -0.372 e. The molecule has 7 heteroatoms. The lowest BCUT2D eigenvalue weighted by Crippen LogP contribution is -2.35. The predicted octanol–water partition coefficient (Wildman–Crippen LogP) is 2.30. The number of aliphatic hydroxyl groups excluding tert-OH is 1. The molecule has 0 bridgehead atoms. The zero-order valence-corrected chi connectivity index (χ0v) is 16.9. The highest BCUT2D eigenvalue weighted by molar-refractivity contribution is 5.93. The first-order chi connectivity index (χ1) is 13.6. The summed E-state index contributed by atoms with van der Waals surface area (Å²) in [5.74, 6) is 3.27. The molecule has 2 amide bonds. The molecule has 6 nitrogen and oxygen atoms in total. The molecule has 0 saturated carbocycles. The first-order valence-corrected chi connectivity index (χ1v) is 9.20. The first kappa shape index (κ1) is 22.1. The Morgan fingerprint density at radius 1 is 1.31 bits per heavy atom. The molecule has 0 aliphatic rings. The Labute approximate surface area is 169 Å². The summed E-state index contributed by atoms with van der Waals surface area (Å²) in [5.41, 5.74) is 6.72. The van der Waals surface area contributed by atoms with Gasteiger partial charge in [0.1, 0.15) is 17.2 Å². The van der Waals surface area contributed by atoms with Crippen molar-refractivity contribution in [3.05, 3.63) is 53.0 Å². The molecule has 0 radical (unpaired) electrons. The third-order valence-electron chi connectivity index (χ3n) is 4.43. The number of likely N-dealkylation sites (N-methyl/N-ethyl adjacent to an activating group) is 1. The Kier molecular flexibility index (Phi) is 7.08. The second-order valence-electron chi connectivity index (χ2n) is 6.88. The zero-order valence-electron chi connectivity index (χ0n) is 16.9. The Morgan fingerprint density at radius 3 is 2.59 bits per heavy atom. The van der Waals surface area contributed by atoms with E-state index in [2.05, 4.69) is 16.8 Å². The molecular formula is C22H24FN3O3. The number of carbonyl (C=O) groups is 2. The van der Waals surface area contributed by atoms with Crippen molar-refractivity contribution in [3.8, 4) is 23.1 Å². The van der Waals surface area contributed by atoms with Gasteiger partial charge < -0.3 is 15.7 Å². The van der Waals surface area contributed by atoms with E-state index in [-0.39, 0.29) is 17.3 Å². The number of halogens is 1. The van der Waals surface area contributed by atoms with Crippen LogP contribution in [-0.2, 0) is 4.79 Å². The Morgan fingerprint density at radius 2 is 2.00 bits per heavy atom. The van der Waals surface area contributed by atoms with Gasteiger partial charge in [0, 0.05) is 24.7 Å². The number of rotatable bonds is 5.